The molecule has 0 saturated carbocycles. The van der Waals surface area contributed by atoms with Gasteiger partial charge in [0.25, 0.3) is 0 Å². The molecule has 4 heteroatoms. The van der Waals surface area contributed by atoms with Gasteiger partial charge in [0, 0.05) is 47.5 Å². The first-order chi connectivity index (χ1) is 9.84. The van der Waals surface area contributed by atoms with Gasteiger partial charge in [-0.05, 0) is 13.8 Å². The molecule has 0 aromatic rings. The summed E-state index contributed by atoms with van der Waals surface area (Å²) in [6.07, 6.45) is 3.29. The summed E-state index contributed by atoms with van der Waals surface area (Å²) in [6.45, 7) is 16.6. The fraction of sp³-hybridized carbons (Fsp3) is 0.667. The van der Waals surface area contributed by atoms with Gasteiger partial charge in [-0.3, -0.25) is 9.59 Å². The molecule has 0 unspecified atom stereocenters. The number of ketones is 2. The van der Waals surface area contributed by atoms with E-state index in [-0.39, 0.29) is 22.4 Å². The van der Waals surface area contributed by atoms with Gasteiger partial charge in [0.05, 0.1) is 0 Å². The molecule has 0 radical (unpaired) electrons. The van der Waals surface area contributed by atoms with Gasteiger partial charge in [-0.15, -0.1) is 0 Å². The van der Waals surface area contributed by atoms with Crippen molar-refractivity contribution in [2.45, 2.75) is 55.4 Å². The summed E-state index contributed by atoms with van der Waals surface area (Å²) in [5.74, 6) is 0.217. The van der Waals surface area contributed by atoms with Crippen LogP contribution in [0, 0.1) is 10.8 Å². The van der Waals surface area contributed by atoms with Crippen molar-refractivity contribution in [2.75, 3.05) is 13.1 Å². The molecule has 2 N–H and O–H groups in total. The number of carbonyl (C=O) groups is 2. The Bertz CT molecular complexity index is 416. The lowest BCUT2D eigenvalue weighted by Gasteiger charge is -2.16. The topological polar surface area (TPSA) is 58.2 Å². The lowest BCUT2D eigenvalue weighted by atomic mass is 9.90. The molecule has 0 heterocycles. The van der Waals surface area contributed by atoms with Gasteiger partial charge < -0.3 is 10.6 Å². The third-order valence-electron chi connectivity index (χ3n) is 3.11. The van der Waals surface area contributed by atoms with Crippen LogP contribution >= 0.6 is 0 Å². The fourth-order valence-electron chi connectivity index (χ4n) is 1.45. The van der Waals surface area contributed by atoms with Crippen molar-refractivity contribution < 1.29 is 9.59 Å². The quantitative estimate of drug-likeness (QED) is 0.560. The summed E-state index contributed by atoms with van der Waals surface area (Å²) >= 11 is 0. The van der Waals surface area contributed by atoms with E-state index in [4.69, 9.17) is 0 Å². The van der Waals surface area contributed by atoms with Crippen molar-refractivity contribution in [3.8, 4) is 0 Å². The number of hydrogen-bond donors (Lipinski definition) is 2. The molecule has 0 saturated heterocycles. The Labute approximate surface area is 135 Å². The maximum absolute atomic E-state index is 11.9. The molecular weight excluding hydrogens is 276 g/mol. The summed E-state index contributed by atoms with van der Waals surface area (Å²) in [7, 11) is 0. The molecule has 22 heavy (non-hydrogen) atoms. The summed E-state index contributed by atoms with van der Waals surface area (Å²) in [6, 6.07) is 0. The van der Waals surface area contributed by atoms with Gasteiger partial charge >= 0.3 is 0 Å². The first-order valence-corrected chi connectivity index (χ1v) is 7.77. The maximum atomic E-state index is 11.9. The van der Waals surface area contributed by atoms with E-state index in [9.17, 15) is 9.59 Å². The van der Waals surface area contributed by atoms with Crippen molar-refractivity contribution in [3.63, 3.8) is 0 Å². The second-order valence-corrected chi connectivity index (χ2v) is 7.74. The largest absolute Gasteiger partial charge is 0.387 e. The summed E-state index contributed by atoms with van der Waals surface area (Å²) in [5, 5.41) is 6.38. The monoisotopic (exact) mass is 308 g/mol. The molecule has 0 aromatic heterocycles. The Morgan fingerprint density at radius 1 is 0.727 bits per heavy atom. The third kappa shape index (κ3) is 8.65. The van der Waals surface area contributed by atoms with Crippen molar-refractivity contribution in [2.24, 2.45) is 10.8 Å². The zero-order valence-corrected chi connectivity index (χ0v) is 15.4. The number of carbonyl (C=O) groups excluding carboxylic acids is 2. The number of rotatable bonds is 7. The van der Waals surface area contributed by atoms with Crippen LogP contribution in [0.25, 0.3) is 0 Å². The predicted octanol–water partition coefficient (Wildman–Crippen LogP) is 3.20. The van der Waals surface area contributed by atoms with Crippen LogP contribution in [0.2, 0.25) is 0 Å². The van der Waals surface area contributed by atoms with Crippen LogP contribution < -0.4 is 10.6 Å². The Kier molecular flexibility index (Phi) is 7.57. The smallest absolute Gasteiger partial charge is 0.162 e. The van der Waals surface area contributed by atoms with E-state index < -0.39 is 0 Å². The molecule has 0 atom stereocenters. The van der Waals surface area contributed by atoms with E-state index in [0.29, 0.717) is 13.1 Å². The van der Waals surface area contributed by atoms with E-state index in [2.05, 4.69) is 10.6 Å². The molecule has 0 bridgehead atoms. The van der Waals surface area contributed by atoms with Crippen LogP contribution in [-0.4, -0.2) is 24.7 Å². The first kappa shape index (κ1) is 20.4. The van der Waals surface area contributed by atoms with Crippen molar-refractivity contribution in [1.29, 1.82) is 0 Å². The van der Waals surface area contributed by atoms with Gasteiger partial charge in [0.15, 0.2) is 11.6 Å². The summed E-state index contributed by atoms with van der Waals surface area (Å²) < 4.78 is 0. The standard InChI is InChI=1S/C18H32N2O2/c1-13(11-15(21)17(3,4)5)19-9-10-20-14(2)12-16(22)18(6,7)8/h11-12,19-20H,9-10H2,1-8H3. The summed E-state index contributed by atoms with van der Waals surface area (Å²) in [5.41, 5.74) is 1.00. The second-order valence-electron chi connectivity index (χ2n) is 7.74. The van der Waals surface area contributed by atoms with Crippen LogP contribution in [0.1, 0.15) is 55.4 Å². The number of nitrogens with one attached hydrogen (secondary N) is 2. The molecule has 0 amide bonds. The third-order valence-corrected chi connectivity index (χ3v) is 3.11. The van der Waals surface area contributed by atoms with Gasteiger partial charge in [-0.1, -0.05) is 41.5 Å². The van der Waals surface area contributed by atoms with Crippen LogP contribution in [0.4, 0.5) is 0 Å². The van der Waals surface area contributed by atoms with E-state index in [1.165, 1.54) is 0 Å². The van der Waals surface area contributed by atoms with E-state index in [1.807, 2.05) is 55.4 Å². The highest BCUT2D eigenvalue weighted by Gasteiger charge is 2.19. The van der Waals surface area contributed by atoms with Crippen LogP contribution in [-0.2, 0) is 9.59 Å². The minimum Gasteiger partial charge on any atom is -0.387 e. The highest BCUT2D eigenvalue weighted by atomic mass is 16.1. The van der Waals surface area contributed by atoms with Crippen molar-refractivity contribution in [3.05, 3.63) is 23.5 Å². The van der Waals surface area contributed by atoms with Gasteiger partial charge in [-0.2, -0.15) is 0 Å². The van der Waals surface area contributed by atoms with Crippen LogP contribution in [0.3, 0.4) is 0 Å². The maximum Gasteiger partial charge on any atom is 0.162 e. The molecule has 0 aliphatic rings. The summed E-state index contributed by atoms with van der Waals surface area (Å²) in [4.78, 5) is 23.7. The van der Waals surface area contributed by atoms with Gasteiger partial charge in [0.1, 0.15) is 0 Å². The fourth-order valence-corrected chi connectivity index (χ4v) is 1.45. The molecule has 126 valence electrons. The SMILES string of the molecule is CC(=CC(=O)C(C)(C)C)NCCNC(C)=CC(=O)C(C)(C)C. The lowest BCUT2D eigenvalue weighted by molar-refractivity contribution is -0.122. The lowest BCUT2D eigenvalue weighted by Crippen LogP contribution is -2.27. The minimum atomic E-state index is -0.353. The number of hydrogen-bond acceptors (Lipinski definition) is 4. The van der Waals surface area contributed by atoms with E-state index >= 15 is 0 Å². The normalized spacial score (nSPS) is 13.8. The molecule has 4 nitrogen and oxygen atoms in total. The molecule has 0 aliphatic carbocycles. The van der Waals surface area contributed by atoms with Crippen molar-refractivity contribution in [1.82, 2.24) is 10.6 Å². The number of allylic oxidation sites excluding steroid dienone is 4. The van der Waals surface area contributed by atoms with E-state index in [0.717, 1.165) is 11.4 Å². The van der Waals surface area contributed by atoms with Gasteiger partial charge in [0.2, 0.25) is 0 Å². The predicted molar refractivity (Wildman–Crippen MR) is 92.4 cm³/mol. The molecule has 0 aliphatic heterocycles. The Hall–Kier alpha value is -1.58. The highest BCUT2D eigenvalue weighted by Crippen LogP contribution is 2.16. The van der Waals surface area contributed by atoms with Crippen LogP contribution in [0.5, 0.6) is 0 Å². The zero-order valence-electron chi connectivity index (χ0n) is 15.4. The Morgan fingerprint density at radius 2 is 1.00 bits per heavy atom. The average molecular weight is 308 g/mol. The van der Waals surface area contributed by atoms with Crippen molar-refractivity contribution >= 4 is 11.6 Å². The second kappa shape index (κ2) is 8.16. The Balaban J connectivity index is 4.24. The molecule has 0 fully saturated rings. The molecule has 0 aromatic carbocycles. The molecular formula is C18H32N2O2. The van der Waals surface area contributed by atoms with Crippen LogP contribution in [0.15, 0.2) is 23.5 Å². The minimum absolute atomic E-state index is 0.109. The average Bonchev–Trinajstić information content (AvgIpc) is 2.32. The van der Waals surface area contributed by atoms with Gasteiger partial charge in [-0.25, -0.2) is 0 Å². The molecule has 0 rings (SSSR count). The zero-order chi connectivity index (χ0) is 17.6. The Morgan fingerprint density at radius 3 is 1.23 bits per heavy atom. The highest BCUT2D eigenvalue weighted by molar-refractivity contribution is 5.94. The first-order valence-electron chi connectivity index (χ1n) is 7.77. The molecule has 0 spiro atoms. The van der Waals surface area contributed by atoms with E-state index in [1.54, 1.807) is 12.2 Å².